The van der Waals surface area contributed by atoms with Crippen LogP contribution in [0, 0.1) is 0 Å². The lowest BCUT2D eigenvalue weighted by atomic mass is 9.97. The maximum Gasteiger partial charge on any atom is 0.270 e. The Morgan fingerprint density at radius 3 is 2.81 bits per heavy atom. The summed E-state index contributed by atoms with van der Waals surface area (Å²) in [5.41, 5.74) is 0.640. The highest BCUT2D eigenvalue weighted by Gasteiger charge is 2.29. The van der Waals surface area contributed by atoms with E-state index in [0.717, 1.165) is 63.5 Å². The van der Waals surface area contributed by atoms with Crippen LogP contribution in [0.3, 0.4) is 0 Å². The van der Waals surface area contributed by atoms with Crippen molar-refractivity contribution in [1.29, 1.82) is 0 Å². The van der Waals surface area contributed by atoms with Crippen molar-refractivity contribution in [3.05, 3.63) is 35.7 Å². The number of aliphatic hydroxyl groups is 1. The second-order valence-electron chi connectivity index (χ2n) is 7.71. The Bertz CT molecular complexity index is 763. The number of aliphatic hydroxyl groups excluding tert-OH is 1. The summed E-state index contributed by atoms with van der Waals surface area (Å²) in [4.78, 5) is 19.9. The number of nitrogens with zero attached hydrogens (tertiary/aromatic N) is 5. The van der Waals surface area contributed by atoms with Gasteiger partial charge in [-0.2, -0.15) is 0 Å². The SMILES string of the molecule is Cn1c(CN2CCC(O)CC2)nnc1C1CCCN(C(=O)c2ccc[nH]2)C1. The summed E-state index contributed by atoms with van der Waals surface area (Å²) in [7, 11) is 2.02. The Kier molecular flexibility index (Phi) is 5.27. The Morgan fingerprint density at radius 2 is 2.07 bits per heavy atom. The molecule has 0 aromatic carbocycles. The summed E-state index contributed by atoms with van der Waals surface area (Å²) in [6.45, 7) is 4.01. The fourth-order valence-electron chi connectivity index (χ4n) is 4.15. The van der Waals surface area contributed by atoms with Crippen molar-refractivity contribution in [2.24, 2.45) is 7.05 Å². The second kappa shape index (κ2) is 7.82. The van der Waals surface area contributed by atoms with Gasteiger partial charge in [0.05, 0.1) is 12.6 Å². The third-order valence-corrected chi connectivity index (χ3v) is 5.82. The first-order chi connectivity index (χ1) is 13.1. The van der Waals surface area contributed by atoms with Crippen molar-refractivity contribution in [3.8, 4) is 0 Å². The Morgan fingerprint density at radius 1 is 1.26 bits per heavy atom. The van der Waals surface area contributed by atoms with E-state index < -0.39 is 0 Å². The van der Waals surface area contributed by atoms with E-state index in [4.69, 9.17) is 0 Å². The molecule has 1 amide bonds. The molecule has 1 unspecified atom stereocenters. The molecule has 2 saturated heterocycles. The molecular weight excluding hydrogens is 344 g/mol. The number of likely N-dealkylation sites (tertiary alicyclic amines) is 2. The molecule has 27 heavy (non-hydrogen) atoms. The minimum absolute atomic E-state index is 0.0546. The van der Waals surface area contributed by atoms with E-state index >= 15 is 0 Å². The molecule has 2 fully saturated rings. The highest BCUT2D eigenvalue weighted by Crippen LogP contribution is 2.27. The number of carbonyl (C=O) groups is 1. The van der Waals surface area contributed by atoms with Gasteiger partial charge in [-0.1, -0.05) is 0 Å². The number of amides is 1. The van der Waals surface area contributed by atoms with Crippen LogP contribution in [-0.4, -0.2) is 72.8 Å². The number of aromatic amines is 1. The van der Waals surface area contributed by atoms with Crippen molar-refractivity contribution in [2.75, 3.05) is 26.2 Å². The summed E-state index contributed by atoms with van der Waals surface area (Å²) >= 11 is 0. The van der Waals surface area contributed by atoms with Crippen LogP contribution in [0.25, 0.3) is 0 Å². The van der Waals surface area contributed by atoms with E-state index in [-0.39, 0.29) is 17.9 Å². The number of H-pyrrole nitrogens is 1. The number of aromatic nitrogens is 4. The number of rotatable bonds is 4. The van der Waals surface area contributed by atoms with Crippen molar-refractivity contribution in [2.45, 2.75) is 44.2 Å². The largest absolute Gasteiger partial charge is 0.393 e. The molecule has 1 atom stereocenters. The van der Waals surface area contributed by atoms with E-state index in [9.17, 15) is 9.90 Å². The van der Waals surface area contributed by atoms with Crippen LogP contribution in [0.15, 0.2) is 18.3 Å². The third kappa shape index (κ3) is 3.91. The fraction of sp³-hybridized carbons (Fsp3) is 0.632. The summed E-state index contributed by atoms with van der Waals surface area (Å²) in [6, 6.07) is 3.67. The van der Waals surface area contributed by atoms with Gasteiger partial charge in [0.2, 0.25) is 0 Å². The fourth-order valence-corrected chi connectivity index (χ4v) is 4.15. The lowest BCUT2D eigenvalue weighted by Crippen LogP contribution is -2.40. The van der Waals surface area contributed by atoms with Crippen LogP contribution in [0.5, 0.6) is 0 Å². The van der Waals surface area contributed by atoms with Gasteiger partial charge in [-0.3, -0.25) is 9.69 Å². The summed E-state index contributed by atoms with van der Waals surface area (Å²) < 4.78 is 2.10. The van der Waals surface area contributed by atoms with Crippen LogP contribution in [0.1, 0.15) is 53.7 Å². The van der Waals surface area contributed by atoms with E-state index in [1.807, 2.05) is 24.1 Å². The van der Waals surface area contributed by atoms with Gasteiger partial charge in [-0.05, 0) is 37.8 Å². The molecule has 0 saturated carbocycles. The molecule has 0 spiro atoms. The van der Waals surface area contributed by atoms with Crippen LogP contribution in [0.2, 0.25) is 0 Å². The van der Waals surface area contributed by atoms with Gasteiger partial charge >= 0.3 is 0 Å². The lowest BCUT2D eigenvalue weighted by Gasteiger charge is -2.32. The lowest BCUT2D eigenvalue weighted by molar-refractivity contribution is 0.0697. The van der Waals surface area contributed by atoms with E-state index in [1.54, 1.807) is 6.20 Å². The molecule has 8 nitrogen and oxygen atoms in total. The first kappa shape index (κ1) is 18.2. The first-order valence-corrected chi connectivity index (χ1v) is 9.83. The predicted molar refractivity (Wildman–Crippen MR) is 100 cm³/mol. The predicted octanol–water partition coefficient (Wildman–Crippen LogP) is 1.12. The highest BCUT2D eigenvalue weighted by atomic mass is 16.3. The monoisotopic (exact) mass is 372 g/mol. The molecule has 8 heteroatoms. The third-order valence-electron chi connectivity index (χ3n) is 5.82. The highest BCUT2D eigenvalue weighted by molar-refractivity contribution is 5.92. The van der Waals surface area contributed by atoms with Crippen molar-refractivity contribution < 1.29 is 9.90 Å². The molecule has 0 radical (unpaired) electrons. The summed E-state index contributed by atoms with van der Waals surface area (Å²) in [5, 5.41) is 18.6. The van der Waals surface area contributed by atoms with Crippen LogP contribution in [0.4, 0.5) is 0 Å². The van der Waals surface area contributed by atoms with Crippen molar-refractivity contribution in [3.63, 3.8) is 0 Å². The van der Waals surface area contributed by atoms with E-state index in [1.165, 1.54) is 0 Å². The molecule has 2 aromatic rings. The molecule has 4 rings (SSSR count). The van der Waals surface area contributed by atoms with E-state index in [0.29, 0.717) is 12.2 Å². The van der Waals surface area contributed by atoms with Crippen molar-refractivity contribution >= 4 is 5.91 Å². The zero-order chi connectivity index (χ0) is 18.8. The van der Waals surface area contributed by atoms with Gasteiger partial charge in [0, 0.05) is 45.3 Å². The molecule has 0 bridgehead atoms. The van der Waals surface area contributed by atoms with Gasteiger partial charge in [-0.15, -0.1) is 10.2 Å². The minimum atomic E-state index is -0.165. The van der Waals surface area contributed by atoms with Crippen LogP contribution >= 0.6 is 0 Å². The quantitative estimate of drug-likeness (QED) is 0.839. The normalized spacial score (nSPS) is 22.3. The van der Waals surface area contributed by atoms with Crippen LogP contribution < -0.4 is 0 Å². The standard InChI is InChI=1S/C19H28N6O2/c1-23-17(13-24-10-6-15(26)7-11-24)21-22-18(23)14-4-3-9-25(12-14)19(27)16-5-2-8-20-16/h2,5,8,14-15,20,26H,3-4,6-7,9-13H2,1H3. The van der Waals surface area contributed by atoms with Gasteiger partial charge in [0.1, 0.15) is 17.3 Å². The number of nitrogens with one attached hydrogen (secondary N) is 1. The number of hydrogen-bond donors (Lipinski definition) is 2. The minimum Gasteiger partial charge on any atom is -0.393 e. The first-order valence-electron chi connectivity index (χ1n) is 9.83. The maximum absolute atomic E-state index is 12.6. The van der Waals surface area contributed by atoms with Gasteiger partial charge in [0.15, 0.2) is 0 Å². The molecule has 2 aromatic heterocycles. The maximum atomic E-state index is 12.6. The molecule has 2 aliphatic heterocycles. The zero-order valence-electron chi connectivity index (χ0n) is 15.8. The Labute approximate surface area is 159 Å². The topological polar surface area (TPSA) is 90.3 Å². The Hall–Kier alpha value is -2.19. The van der Waals surface area contributed by atoms with Gasteiger partial charge in [0.25, 0.3) is 5.91 Å². The molecule has 4 heterocycles. The number of hydrogen-bond acceptors (Lipinski definition) is 5. The molecule has 2 aliphatic rings. The van der Waals surface area contributed by atoms with E-state index in [2.05, 4.69) is 24.6 Å². The smallest absolute Gasteiger partial charge is 0.270 e. The summed E-state index contributed by atoms with van der Waals surface area (Å²) in [6.07, 6.45) is 5.26. The number of piperidine rings is 2. The molecular formula is C19H28N6O2. The molecule has 2 N–H and O–H groups in total. The Balaban J connectivity index is 1.42. The second-order valence-corrected chi connectivity index (χ2v) is 7.71. The summed E-state index contributed by atoms with van der Waals surface area (Å²) in [5.74, 6) is 2.19. The van der Waals surface area contributed by atoms with Gasteiger partial charge < -0.3 is 19.6 Å². The average Bonchev–Trinajstić information content (AvgIpc) is 3.34. The van der Waals surface area contributed by atoms with Crippen molar-refractivity contribution in [1.82, 2.24) is 29.5 Å². The molecule has 0 aliphatic carbocycles. The van der Waals surface area contributed by atoms with Crippen LogP contribution in [-0.2, 0) is 13.6 Å². The molecule has 146 valence electrons. The average molecular weight is 372 g/mol. The van der Waals surface area contributed by atoms with Gasteiger partial charge in [-0.25, -0.2) is 0 Å². The number of carbonyl (C=O) groups excluding carboxylic acids is 1. The zero-order valence-corrected chi connectivity index (χ0v) is 15.8.